The summed E-state index contributed by atoms with van der Waals surface area (Å²) >= 11 is 0. The van der Waals surface area contributed by atoms with Crippen LogP contribution < -0.4 is 0 Å². The van der Waals surface area contributed by atoms with Crippen molar-refractivity contribution in [2.45, 2.75) is 136 Å². The molecule has 0 saturated carbocycles. The minimum atomic E-state index is 0.762. The third-order valence-electron chi connectivity index (χ3n) is 5.10. The summed E-state index contributed by atoms with van der Waals surface area (Å²) in [5, 5.41) is 0. The summed E-state index contributed by atoms with van der Waals surface area (Å²) in [6, 6.07) is 0. The lowest BCUT2D eigenvalue weighted by Crippen LogP contribution is -1.87. The molecule has 0 fully saturated rings. The summed E-state index contributed by atoms with van der Waals surface area (Å²) < 4.78 is 0. The maximum absolute atomic E-state index is 10.2. The highest BCUT2D eigenvalue weighted by Crippen LogP contribution is 2.15. The molecule has 0 rings (SSSR count). The minimum Gasteiger partial charge on any atom is -0.303 e. The van der Waals surface area contributed by atoms with Gasteiger partial charge in [0.15, 0.2) is 0 Å². The number of aldehydes is 1. The van der Waals surface area contributed by atoms with Gasteiger partial charge in [-0.15, -0.1) is 0 Å². The van der Waals surface area contributed by atoms with E-state index in [4.69, 9.17) is 0 Å². The summed E-state index contributed by atoms with van der Waals surface area (Å²) in [4.78, 5) is 10.2. The van der Waals surface area contributed by atoms with Gasteiger partial charge in [0.1, 0.15) is 6.29 Å². The van der Waals surface area contributed by atoms with Crippen LogP contribution in [0.4, 0.5) is 0 Å². The van der Waals surface area contributed by atoms with Gasteiger partial charge in [0.2, 0.25) is 0 Å². The maximum atomic E-state index is 10.2. The molecule has 0 saturated heterocycles. The maximum Gasteiger partial charge on any atom is 0.119 e. The average molecular weight is 339 g/mol. The smallest absolute Gasteiger partial charge is 0.119 e. The fourth-order valence-electron chi connectivity index (χ4n) is 3.43. The first kappa shape index (κ1) is 23.7. The largest absolute Gasteiger partial charge is 0.303 e. The van der Waals surface area contributed by atoms with E-state index in [0.717, 1.165) is 25.0 Å². The summed E-state index contributed by atoms with van der Waals surface area (Å²) in [6.45, 7) is 4.66. The van der Waals surface area contributed by atoms with Crippen LogP contribution in [0.15, 0.2) is 0 Å². The predicted molar refractivity (Wildman–Crippen MR) is 109 cm³/mol. The van der Waals surface area contributed by atoms with Crippen LogP contribution in [0.1, 0.15) is 136 Å². The van der Waals surface area contributed by atoms with Crippen LogP contribution in [0.2, 0.25) is 0 Å². The zero-order valence-corrected chi connectivity index (χ0v) is 17.0. The fourth-order valence-corrected chi connectivity index (χ4v) is 3.43. The molecule has 0 N–H and O–H groups in total. The van der Waals surface area contributed by atoms with Crippen molar-refractivity contribution in [1.82, 2.24) is 0 Å². The molecule has 0 aromatic heterocycles. The molecule has 1 heteroatoms. The Labute approximate surface area is 153 Å². The van der Waals surface area contributed by atoms with Gasteiger partial charge in [-0.25, -0.2) is 0 Å². The van der Waals surface area contributed by atoms with Crippen molar-refractivity contribution in [3.8, 4) is 0 Å². The Kier molecular flexibility index (Phi) is 20.4. The van der Waals surface area contributed by atoms with Gasteiger partial charge >= 0.3 is 0 Å². The van der Waals surface area contributed by atoms with Crippen LogP contribution in [0.3, 0.4) is 0 Å². The van der Waals surface area contributed by atoms with Crippen molar-refractivity contribution in [3.63, 3.8) is 0 Å². The number of hydrogen-bond donors (Lipinski definition) is 0. The number of carbonyl (C=O) groups excluding carboxylic acids is 1. The highest BCUT2D eigenvalue weighted by Gasteiger charge is 1.96. The van der Waals surface area contributed by atoms with Gasteiger partial charge in [0, 0.05) is 6.42 Å². The molecule has 0 unspecified atom stereocenters. The quantitative estimate of drug-likeness (QED) is 0.161. The van der Waals surface area contributed by atoms with E-state index in [2.05, 4.69) is 13.8 Å². The second kappa shape index (κ2) is 20.7. The first-order valence-corrected chi connectivity index (χ1v) is 11.2. The second-order valence-electron chi connectivity index (χ2n) is 8.15. The first-order chi connectivity index (χ1) is 11.8. The third-order valence-corrected chi connectivity index (χ3v) is 5.10. The Bertz CT molecular complexity index is 234. The lowest BCUT2D eigenvalue weighted by Gasteiger charge is -2.05. The molecular formula is C23H46O. The zero-order valence-electron chi connectivity index (χ0n) is 17.0. The van der Waals surface area contributed by atoms with Gasteiger partial charge in [0.05, 0.1) is 0 Å². The number of rotatable bonds is 20. The highest BCUT2D eigenvalue weighted by atomic mass is 16.1. The summed E-state index contributed by atoms with van der Waals surface area (Å²) in [7, 11) is 0. The molecule has 0 aliphatic heterocycles. The normalized spacial score (nSPS) is 11.3. The van der Waals surface area contributed by atoms with Gasteiger partial charge in [-0.2, -0.15) is 0 Å². The summed E-state index contributed by atoms with van der Waals surface area (Å²) in [6.07, 6.45) is 27.1. The fraction of sp³-hybridized carbons (Fsp3) is 0.957. The third kappa shape index (κ3) is 21.7. The summed E-state index contributed by atoms with van der Waals surface area (Å²) in [5.74, 6) is 0.887. The average Bonchev–Trinajstić information content (AvgIpc) is 2.56. The number of carbonyl (C=O) groups is 1. The molecule has 0 bridgehead atoms. The van der Waals surface area contributed by atoms with Gasteiger partial charge in [0.25, 0.3) is 0 Å². The Balaban J connectivity index is 2.97. The van der Waals surface area contributed by atoms with Gasteiger partial charge in [-0.1, -0.05) is 123 Å². The Morgan fingerprint density at radius 3 is 1.08 bits per heavy atom. The van der Waals surface area contributed by atoms with Crippen molar-refractivity contribution in [3.05, 3.63) is 0 Å². The minimum absolute atomic E-state index is 0.762. The Hall–Kier alpha value is -0.330. The van der Waals surface area contributed by atoms with E-state index >= 15 is 0 Å². The molecule has 0 aromatic carbocycles. The van der Waals surface area contributed by atoms with Crippen LogP contribution in [0.5, 0.6) is 0 Å². The van der Waals surface area contributed by atoms with E-state index in [1.54, 1.807) is 0 Å². The molecule has 24 heavy (non-hydrogen) atoms. The number of unbranched alkanes of at least 4 members (excludes halogenated alkanes) is 17. The zero-order chi connectivity index (χ0) is 17.7. The summed E-state index contributed by atoms with van der Waals surface area (Å²) in [5.41, 5.74) is 0. The van der Waals surface area contributed by atoms with Crippen molar-refractivity contribution in [2.75, 3.05) is 0 Å². The molecule has 0 atom stereocenters. The van der Waals surface area contributed by atoms with Crippen LogP contribution in [-0.2, 0) is 4.79 Å². The van der Waals surface area contributed by atoms with E-state index in [1.165, 1.54) is 109 Å². The predicted octanol–water partition coefficient (Wildman–Crippen LogP) is 8.25. The first-order valence-electron chi connectivity index (χ1n) is 11.2. The van der Waals surface area contributed by atoms with Gasteiger partial charge in [-0.05, 0) is 12.3 Å². The highest BCUT2D eigenvalue weighted by molar-refractivity contribution is 5.48. The topological polar surface area (TPSA) is 17.1 Å². The molecule has 0 aromatic rings. The SMILES string of the molecule is CC(C)CCCCCCCCCCCCCCCCCCCC=O. The van der Waals surface area contributed by atoms with E-state index in [0.29, 0.717) is 0 Å². The molecule has 0 amide bonds. The molecule has 0 spiro atoms. The van der Waals surface area contributed by atoms with Crippen LogP contribution in [0, 0.1) is 5.92 Å². The molecule has 0 radical (unpaired) electrons. The monoisotopic (exact) mass is 338 g/mol. The lowest BCUT2D eigenvalue weighted by molar-refractivity contribution is -0.107. The standard InChI is InChI=1S/C23H46O/c1-23(2)21-19-17-15-13-11-9-7-5-3-4-6-8-10-12-14-16-18-20-22-24/h22-23H,3-21H2,1-2H3. The molecule has 0 aliphatic carbocycles. The Morgan fingerprint density at radius 1 is 0.500 bits per heavy atom. The van der Waals surface area contributed by atoms with E-state index in [-0.39, 0.29) is 0 Å². The van der Waals surface area contributed by atoms with Crippen molar-refractivity contribution < 1.29 is 4.79 Å². The molecule has 0 heterocycles. The number of hydrogen-bond acceptors (Lipinski definition) is 1. The van der Waals surface area contributed by atoms with Crippen LogP contribution >= 0.6 is 0 Å². The van der Waals surface area contributed by atoms with Crippen molar-refractivity contribution in [2.24, 2.45) is 5.92 Å². The van der Waals surface area contributed by atoms with Crippen LogP contribution in [0.25, 0.3) is 0 Å². The van der Waals surface area contributed by atoms with E-state index in [1.807, 2.05) is 0 Å². The Morgan fingerprint density at radius 2 is 0.792 bits per heavy atom. The van der Waals surface area contributed by atoms with Gasteiger partial charge in [-0.3, -0.25) is 0 Å². The van der Waals surface area contributed by atoms with Crippen molar-refractivity contribution in [1.29, 1.82) is 0 Å². The van der Waals surface area contributed by atoms with Gasteiger partial charge < -0.3 is 4.79 Å². The molecule has 0 aliphatic rings. The molecule has 1 nitrogen and oxygen atoms in total. The lowest BCUT2D eigenvalue weighted by atomic mass is 10.0. The molecule has 144 valence electrons. The van der Waals surface area contributed by atoms with E-state index < -0.39 is 0 Å². The molecular weight excluding hydrogens is 292 g/mol. The van der Waals surface area contributed by atoms with E-state index in [9.17, 15) is 4.79 Å². The second-order valence-corrected chi connectivity index (χ2v) is 8.15. The van der Waals surface area contributed by atoms with Crippen molar-refractivity contribution >= 4 is 6.29 Å². The van der Waals surface area contributed by atoms with Crippen LogP contribution in [-0.4, -0.2) is 6.29 Å².